The molecule has 0 radical (unpaired) electrons. The van der Waals surface area contributed by atoms with Gasteiger partial charge in [0.15, 0.2) is 0 Å². The van der Waals surface area contributed by atoms with Gasteiger partial charge in [0, 0.05) is 24.5 Å². The summed E-state index contributed by atoms with van der Waals surface area (Å²) in [6.45, 7) is 7.72. The first-order valence-corrected chi connectivity index (χ1v) is 9.92. The van der Waals surface area contributed by atoms with E-state index in [1.165, 1.54) is 0 Å². The summed E-state index contributed by atoms with van der Waals surface area (Å²) in [5, 5.41) is 0. The molecule has 2 atom stereocenters. The Morgan fingerprint density at radius 3 is 2.08 bits per heavy atom. The van der Waals surface area contributed by atoms with Crippen molar-refractivity contribution in [2.45, 2.75) is 37.9 Å². The largest absolute Gasteiger partial charge is 0.372 e. The van der Waals surface area contributed by atoms with E-state index in [1.807, 2.05) is 19.1 Å². The summed E-state index contributed by atoms with van der Waals surface area (Å²) in [7, 11) is -3.57. The van der Waals surface area contributed by atoms with Crippen molar-refractivity contribution < 1.29 is 13.2 Å². The molecule has 1 aliphatic heterocycles. The first-order chi connectivity index (χ1) is 11.8. The molecule has 1 fully saturated rings. The Morgan fingerprint density at radius 1 is 0.960 bits per heavy atom. The van der Waals surface area contributed by atoms with Crippen LogP contribution in [0.3, 0.4) is 0 Å². The highest BCUT2D eigenvalue weighted by atomic mass is 32.2. The maximum Gasteiger partial charge on any atom is 0.261 e. The third-order valence-electron chi connectivity index (χ3n) is 4.24. The maximum atomic E-state index is 12.4. The van der Waals surface area contributed by atoms with Crippen molar-refractivity contribution in [3.8, 4) is 0 Å². The summed E-state index contributed by atoms with van der Waals surface area (Å²) < 4.78 is 33.3. The lowest BCUT2D eigenvalue weighted by Gasteiger charge is -2.36. The molecule has 0 bridgehead atoms. The molecule has 2 aromatic carbocycles. The molecule has 0 aromatic heterocycles. The second kappa shape index (κ2) is 7.06. The van der Waals surface area contributed by atoms with Gasteiger partial charge in [-0.05, 0) is 57.2 Å². The van der Waals surface area contributed by atoms with Crippen molar-refractivity contribution in [3.05, 3.63) is 54.1 Å². The van der Waals surface area contributed by atoms with Gasteiger partial charge < -0.3 is 9.64 Å². The number of hydrogen-bond donors (Lipinski definition) is 1. The molecule has 1 heterocycles. The molecule has 25 heavy (non-hydrogen) atoms. The minimum Gasteiger partial charge on any atom is -0.372 e. The van der Waals surface area contributed by atoms with Crippen molar-refractivity contribution in [1.82, 2.24) is 0 Å². The summed E-state index contributed by atoms with van der Waals surface area (Å²) in [5.74, 6) is 0. The number of aryl methyl sites for hydroxylation is 1. The van der Waals surface area contributed by atoms with E-state index in [9.17, 15) is 8.42 Å². The standard InChI is InChI=1S/C19H24N2O3S/c1-14-4-10-19(11-5-14)25(22,23)20-17-6-8-18(9-7-17)21-12-15(2)24-16(3)13-21/h4-11,15-16,20H,12-13H2,1-3H3. The van der Waals surface area contributed by atoms with Gasteiger partial charge in [0.2, 0.25) is 0 Å². The number of rotatable bonds is 4. The summed E-state index contributed by atoms with van der Waals surface area (Å²) in [5.41, 5.74) is 2.65. The van der Waals surface area contributed by atoms with Crippen LogP contribution in [0.2, 0.25) is 0 Å². The van der Waals surface area contributed by atoms with Gasteiger partial charge in [-0.3, -0.25) is 4.72 Å². The summed E-state index contributed by atoms with van der Waals surface area (Å²) >= 11 is 0. The molecule has 2 unspecified atom stereocenters. The van der Waals surface area contributed by atoms with E-state index in [1.54, 1.807) is 36.4 Å². The van der Waals surface area contributed by atoms with E-state index >= 15 is 0 Å². The van der Waals surface area contributed by atoms with Crippen LogP contribution in [0.1, 0.15) is 19.4 Å². The summed E-state index contributed by atoms with van der Waals surface area (Å²) in [4.78, 5) is 2.52. The van der Waals surface area contributed by atoms with Crippen molar-refractivity contribution in [1.29, 1.82) is 0 Å². The van der Waals surface area contributed by atoms with E-state index in [4.69, 9.17) is 4.74 Å². The fraction of sp³-hybridized carbons (Fsp3) is 0.368. The Balaban J connectivity index is 1.73. The average molecular weight is 360 g/mol. The zero-order valence-corrected chi connectivity index (χ0v) is 15.6. The second-order valence-corrected chi connectivity index (χ2v) is 8.31. The number of hydrogen-bond acceptors (Lipinski definition) is 4. The molecule has 0 saturated carbocycles. The van der Waals surface area contributed by atoms with Gasteiger partial charge in [-0.25, -0.2) is 8.42 Å². The van der Waals surface area contributed by atoms with Crippen molar-refractivity contribution in [3.63, 3.8) is 0 Å². The van der Waals surface area contributed by atoms with Crippen LogP contribution in [-0.4, -0.2) is 33.7 Å². The molecule has 2 aromatic rings. The number of sulfonamides is 1. The third kappa shape index (κ3) is 4.32. The van der Waals surface area contributed by atoms with Gasteiger partial charge in [0.05, 0.1) is 17.1 Å². The van der Waals surface area contributed by atoms with Crippen LogP contribution in [-0.2, 0) is 14.8 Å². The van der Waals surface area contributed by atoms with Crippen LogP contribution < -0.4 is 9.62 Å². The average Bonchev–Trinajstić information content (AvgIpc) is 2.54. The van der Waals surface area contributed by atoms with Crippen molar-refractivity contribution >= 4 is 21.4 Å². The molecule has 0 spiro atoms. The molecule has 3 rings (SSSR count). The van der Waals surface area contributed by atoms with Crippen LogP contribution in [0.5, 0.6) is 0 Å². The molecule has 1 N–H and O–H groups in total. The van der Waals surface area contributed by atoms with Crippen molar-refractivity contribution in [2.24, 2.45) is 0 Å². The topological polar surface area (TPSA) is 58.6 Å². The highest BCUT2D eigenvalue weighted by Crippen LogP contribution is 2.23. The van der Waals surface area contributed by atoms with Crippen LogP contribution >= 0.6 is 0 Å². The van der Waals surface area contributed by atoms with Gasteiger partial charge in [0.1, 0.15) is 0 Å². The SMILES string of the molecule is Cc1ccc(S(=O)(=O)Nc2ccc(N3CC(C)OC(C)C3)cc2)cc1. The van der Waals surface area contributed by atoms with Crippen LogP contribution in [0, 0.1) is 6.92 Å². The third-order valence-corrected chi connectivity index (χ3v) is 5.63. The van der Waals surface area contributed by atoms with Gasteiger partial charge >= 0.3 is 0 Å². The molecule has 0 aliphatic carbocycles. The first kappa shape index (κ1) is 17.8. The van der Waals surface area contributed by atoms with Gasteiger partial charge in [0.25, 0.3) is 10.0 Å². The lowest BCUT2D eigenvalue weighted by atomic mass is 10.2. The van der Waals surface area contributed by atoms with Gasteiger partial charge in [-0.15, -0.1) is 0 Å². The minimum atomic E-state index is -3.57. The Kier molecular flexibility index (Phi) is 5.01. The lowest BCUT2D eigenvalue weighted by Crippen LogP contribution is -2.45. The summed E-state index contributed by atoms with van der Waals surface area (Å²) in [6.07, 6.45) is 0.368. The van der Waals surface area contributed by atoms with Gasteiger partial charge in [-0.2, -0.15) is 0 Å². The molecule has 1 saturated heterocycles. The van der Waals surface area contributed by atoms with E-state index in [0.717, 1.165) is 24.3 Å². The zero-order valence-electron chi connectivity index (χ0n) is 14.8. The second-order valence-electron chi connectivity index (χ2n) is 6.63. The fourth-order valence-electron chi connectivity index (χ4n) is 3.06. The monoisotopic (exact) mass is 360 g/mol. The smallest absolute Gasteiger partial charge is 0.261 e. The zero-order chi connectivity index (χ0) is 18.0. The predicted octanol–water partition coefficient (Wildman–Crippen LogP) is 3.41. The minimum absolute atomic E-state index is 0.184. The molecule has 0 amide bonds. The summed E-state index contributed by atoms with van der Waals surface area (Å²) in [6, 6.07) is 14.3. The Labute approximate surface area is 149 Å². The number of anilines is 2. The molecular formula is C19H24N2O3S. The highest BCUT2D eigenvalue weighted by Gasteiger charge is 2.22. The Morgan fingerprint density at radius 2 is 1.52 bits per heavy atom. The maximum absolute atomic E-state index is 12.4. The van der Waals surface area contributed by atoms with Crippen LogP contribution in [0.4, 0.5) is 11.4 Å². The number of morpholine rings is 1. The molecule has 6 heteroatoms. The normalized spacial score (nSPS) is 21.2. The van der Waals surface area contributed by atoms with Crippen LogP contribution in [0.25, 0.3) is 0 Å². The fourth-order valence-corrected chi connectivity index (χ4v) is 4.12. The molecule has 1 aliphatic rings. The quantitative estimate of drug-likeness (QED) is 0.908. The van der Waals surface area contributed by atoms with Crippen LogP contribution in [0.15, 0.2) is 53.4 Å². The number of benzene rings is 2. The van der Waals surface area contributed by atoms with E-state index in [0.29, 0.717) is 5.69 Å². The molecular weight excluding hydrogens is 336 g/mol. The molecule has 134 valence electrons. The molecule has 5 nitrogen and oxygen atoms in total. The Hall–Kier alpha value is -2.05. The Bertz CT molecular complexity index is 807. The predicted molar refractivity (Wildman–Crippen MR) is 101 cm³/mol. The van der Waals surface area contributed by atoms with E-state index < -0.39 is 10.0 Å². The van der Waals surface area contributed by atoms with E-state index in [-0.39, 0.29) is 17.1 Å². The number of nitrogens with one attached hydrogen (secondary N) is 1. The number of nitrogens with zero attached hydrogens (tertiary/aromatic N) is 1. The lowest BCUT2D eigenvalue weighted by molar-refractivity contribution is -0.00521. The highest BCUT2D eigenvalue weighted by molar-refractivity contribution is 7.92. The van der Waals surface area contributed by atoms with E-state index in [2.05, 4.69) is 23.5 Å². The number of ether oxygens (including phenoxy) is 1. The van der Waals surface area contributed by atoms with Crippen molar-refractivity contribution in [2.75, 3.05) is 22.7 Å². The van der Waals surface area contributed by atoms with Gasteiger partial charge in [-0.1, -0.05) is 17.7 Å². The first-order valence-electron chi connectivity index (χ1n) is 8.43.